The molecule has 0 spiro atoms. The second-order valence-corrected chi connectivity index (χ2v) is 6.58. The number of carbonyl (C=O) groups is 2. The minimum absolute atomic E-state index is 0.00554. The second-order valence-electron chi connectivity index (χ2n) is 5.67. The van der Waals surface area contributed by atoms with Crippen LogP contribution in [0.1, 0.15) is 38.5 Å². The number of amides is 2. The van der Waals surface area contributed by atoms with Gasteiger partial charge in [0, 0.05) is 35.6 Å². The van der Waals surface area contributed by atoms with E-state index in [1.54, 1.807) is 6.20 Å². The SMILES string of the molecule is O=C1CCC(=O)N1C1CCC(Nc2ccc(Br)cn2)CC1. The first-order chi connectivity index (χ1) is 10.1. The Hall–Kier alpha value is -1.43. The summed E-state index contributed by atoms with van der Waals surface area (Å²) in [5, 5.41) is 3.42. The Morgan fingerprint density at radius 1 is 1.10 bits per heavy atom. The number of nitrogens with zero attached hydrogens (tertiary/aromatic N) is 2. The number of pyridine rings is 1. The van der Waals surface area contributed by atoms with Gasteiger partial charge in [-0.2, -0.15) is 0 Å². The maximum absolute atomic E-state index is 11.8. The van der Waals surface area contributed by atoms with Crippen molar-refractivity contribution in [2.45, 2.75) is 50.6 Å². The zero-order valence-corrected chi connectivity index (χ0v) is 13.3. The van der Waals surface area contributed by atoms with Gasteiger partial charge in [-0.15, -0.1) is 0 Å². The van der Waals surface area contributed by atoms with Crippen molar-refractivity contribution in [1.82, 2.24) is 9.88 Å². The second kappa shape index (κ2) is 6.13. The van der Waals surface area contributed by atoms with Crippen LogP contribution in [0, 0.1) is 0 Å². The maximum atomic E-state index is 11.8. The fraction of sp³-hybridized carbons (Fsp3) is 0.533. The topological polar surface area (TPSA) is 62.3 Å². The van der Waals surface area contributed by atoms with Gasteiger partial charge in [0.1, 0.15) is 5.82 Å². The molecule has 1 N–H and O–H groups in total. The number of carbonyl (C=O) groups excluding carboxylic acids is 2. The molecule has 0 unspecified atom stereocenters. The Balaban J connectivity index is 1.54. The normalized spacial score (nSPS) is 26.2. The average molecular weight is 352 g/mol. The van der Waals surface area contributed by atoms with E-state index in [0.29, 0.717) is 18.9 Å². The van der Waals surface area contributed by atoms with Gasteiger partial charge in [0.05, 0.1) is 0 Å². The Kier molecular flexibility index (Phi) is 4.24. The van der Waals surface area contributed by atoms with E-state index in [9.17, 15) is 9.59 Å². The van der Waals surface area contributed by atoms with Gasteiger partial charge in [-0.1, -0.05) is 0 Å². The predicted octanol–water partition coefficient (Wildman–Crippen LogP) is 2.72. The van der Waals surface area contributed by atoms with E-state index in [2.05, 4.69) is 26.2 Å². The summed E-state index contributed by atoms with van der Waals surface area (Å²) in [7, 11) is 0. The molecule has 1 aliphatic carbocycles. The number of hydrogen-bond donors (Lipinski definition) is 1. The molecule has 0 atom stereocenters. The summed E-state index contributed by atoms with van der Waals surface area (Å²) in [6, 6.07) is 4.37. The van der Waals surface area contributed by atoms with Gasteiger partial charge < -0.3 is 5.32 Å². The third-order valence-electron chi connectivity index (χ3n) is 4.23. The van der Waals surface area contributed by atoms with Crippen molar-refractivity contribution in [3.63, 3.8) is 0 Å². The lowest BCUT2D eigenvalue weighted by Crippen LogP contribution is -2.43. The molecule has 3 rings (SSSR count). The largest absolute Gasteiger partial charge is 0.367 e. The quantitative estimate of drug-likeness (QED) is 0.850. The molecule has 1 aliphatic heterocycles. The van der Waals surface area contributed by atoms with E-state index in [4.69, 9.17) is 0 Å². The van der Waals surface area contributed by atoms with Crippen LogP contribution in [0.5, 0.6) is 0 Å². The summed E-state index contributed by atoms with van der Waals surface area (Å²) in [5.41, 5.74) is 0. The van der Waals surface area contributed by atoms with Gasteiger partial charge in [0.25, 0.3) is 0 Å². The predicted molar refractivity (Wildman–Crippen MR) is 82.7 cm³/mol. The highest BCUT2D eigenvalue weighted by Crippen LogP contribution is 2.28. The van der Waals surface area contributed by atoms with Crippen molar-refractivity contribution in [2.24, 2.45) is 0 Å². The molecule has 2 fully saturated rings. The summed E-state index contributed by atoms with van der Waals surface area (Å²) in [5.74, 6) is 0.881. The molecule has 2 heterocycles. The zero-order chi connectivity index (χ0) is 14.8. The summed E-state index contributed by atoms with van der Waals surface area (Å²) in [4.78, 5) is 29.4. The summed E-state index contributed by atoms with van der Waals surface area (Å²) in [6.07, 6.45) is 6.23. The first kappa shape index (κ1) is 14.5. The standard InChI is InChI=1S/C15H18BrN3O2/c16-10-1-6-13(17-9-10)18-11-2-4-12(5-3-11)19-14(20)7-8-15(19)21/h1,6,9,11-12H,2-5,7-8H2,(H,17,18). The molecule has 21 heavy (non-hydrogen) atoms. The number of aromatic nitrogens is 1. The molecule has 112 valence electrons. The Bertz CT molecular complexity index is 522. The minimum atomic E-state index is 0.00554. The fourth-order valence-corrected chi connectivity index (χ4v) is 3.38. The number of imide groups is 1. The van der Waals surface area contributed by atoms with Crippen LogP contribution in [0.25, 0.3) is 0 Å². The van der Waals surface area contributed by atoms with Crippen molar-refractivity contribution >= 4 is 33.6 Å². The van der Waals surface area contributed by atoms with E-state index < -0.39 is 0 Å². The number of anilines is 1. The highest BCUT2D eigenvalue weighted by molar-refractivity contribution is 9.10. The molecular weight excluding hydrogens is 334 g/mol. The van der Waals surface area contributed by atoms with Gasteiger partial charge in [0.2, 0.25) is 11.8 Å². The fourth-order valence-electron chi connectivity index (χ4n) is 3.15. The number of rotatable bonds is 3. The minimum Gasteiger partial charge on any atom is -0.367 e. The number of hydrogen-bond acceptors (Lipinski definition) is 4. The maximum Gasteiger partial charge on any atom is 0.229 e. The van der Waals surface area contributed by atoms with E-state index in [1.807, 2.05) is 12.1 Å². The molecule has 2 amide bonds. The van der Waals surface area contributed by atoms with Crippen LogP contribution in [0.15, 0.2) is 22.8 Å². The van der Waals surface area contributed by atoms with Crippen molar-refractivity contribution in [3.05, 3.63) is 22.8 Å². The lowest BCUT2D eigenvalue weighted by molar-refractivity contribution is -0.141. The van der Waals surface area contributed by atoms with Crippen LogP contribution >= 0.6 is 15.9 Å². The van der Waals surface area contributed by atoms with E-state index >= 15 is 0 Å². The molecule has 1 saturated carbocycles. The highest BCUT2D eigenvalue weighted by atomic mass is 79.9. The van der Waals surface area contributed by atoms with Crippen LogP contribution in [0.4, 0.5) is 5.82 Å². The Morgan fingerprint density at radius 3 is 2.33 bits per heavy atom. The monoisotopic (exact) mass is 351 g/mol. The molecule has 6 heteroatoms. The molecule has 1 aromatic rings. The average Bonchev–Trinajstić information content (AvgIpc) is 2.82. The lowest BCUT2D eigenvalue weighted by Gasteiger charge is -2.33. The van der Waals surface area contributed by atoms with Crippen molar-refractivity contribution in [3.8, 4) is 0 Å². The molecule has 5 nitrogen and oxygen atoms in total. The van der Waals surface area contributed by atoms with Crippen molar-refractivity contribution in [1.29, 1.82) is 0 Å². The molecular formula is C15H18BrN3O2. The summed E-state index contributed by atoms with van der Waals surface area (Å²) in [6.45, 7) is 0. The Morgan fingerprint density at radius 2 is 1.76 bits per heavy atom. The molecule has 0 aromatic carbocycles. The van der Waals surface area contributed by atoms with Gasteiger partial charge in [-0.05, 0) is 53.7 Å². The zero-order valence-electron chi connectivity index (χ0n) is 11.7. The molecule has 1 saturated heterocycles. The third-order valence-corrected chi connectivity index (χ3v) is 4.70. The highest BCUT2D eigenvalue weighted by Gasteiger charge is 2.36. The summed E-state index contributed by atoms with van der Waals surface area (Å²) < 4.78 is 0.961. The van der Waals surface area contributed by atoms with Gasteiger partial charge in [-0.3, -0.25) is 14.5 Å². The van der Waals surface area contributed by atoms with Crippen molar-refractivity contribution in [2.75, 3.05) is 5.32 Å². The first-order valence-corrected chi connectivity index (χ1v) is 8.16. The number of halogens is 1. The van der Waals surface area contributed by atoms with Gasteiger partial charge >= 0.3 is 0 Å². The van der Waals surface area contributed by atoms with Gasteiger partial charge in [-0.25, -0.2) is 4.98 Å². The van der Waals surface area contributed by atoms with Crippen molar-refractivity contribution < 1.29 is 9.59 Å². The van der Waals surface area contributed by atoms with Crippen LogP contribution in [0.2, 0.25) is 0 Å². The van der Waals surface area contributed by atoms with Crippen LogP contribution in [-0.4, -0.2) is 33.8 Å². The van der Waals surface area contributed by atoms with E-state index in [1.165, 1.54) is 4.90 Å². The van der Waals surface area contributed by atoms with Crippen LogP contribution in [0.3, 0.4) is 0 Å². The number of likely N-dealkylation sites (tertiary alicyclic amines) is 1. The van der Waals surface area contributed by atoms with Crippen LogP contribution in [-0.2, 0) is 9.59 Å². The van der Waals surface area contributed by atoms with E-state index in [0.717, 1.165) is 36.0 Å². The first-order valence-electron chi connectivity index (χ1n) is 7.36. The van der Waals surface area contributed by atoms with E-state index in [-0.39, 0.29) is 17.9 Å². The molecule has 0 radical (unpaired) electrons. The Labute approximate surface area is 132 Å². The molecule has 2 aliphatic rings. The number of nitrogens with one attached hydrogen (secondary N) is 1. The smallest absolute Gasteiger partial charge is 0.229 e. The van der Waals surface area contributed by atoms with Crippen LogP contribution < -0.4 is 5.32 Å². The third kappa shape index (κ3) is 3.26. The lowest BCUT2D eigenvalue weighted by atomic mass is 9.90. The molecule has 1 aromatic heterocycles. The summed E-state index contributed by atoms with van der Waals surface area (Å²) >= 11 is 3.37. The van der Waals surface area contributed by atoms with Gasteiger partial charge in [0.15, 0.2) is 0 Å². The molecule has 0 bridgehead atoms.